The number of alkyl halides is 2. The van der Waals surface area contributed by atoms with E-state index in [2.05, 4.69) is 20.8 Å². The third-order valence-corrected chi connectivity index (χ3v) is 5.68. The first-order valence-electron chi connectivity index (χ1n) is 10.5. The van der Waals surface area contributed by atoms with Crippen LogP contribution in [0.4, 0.5) is 13.2 Å². The maximum atomic E-state index is 13.9. The number of nitrogens with one attached hydrogen (secondary N) is 1. The fourth-order valence-electron chi connectivity index (χ4n) is 3.80. The zero-order valence-corrected chi connectivity index (χ0v) is 18.2. The van der Waals surface area contributed by atoms with Gasteiger partial charge in [-0.3, -0.25) is 5.32 Å². The second-order valence-electron chi connectivity index (χ2n) is 7.62. The molecule has 0 saturated heterocycles. The zero-order chi connectivity index (χ0) is 23.4. The first-order chi connectivity index (χ1) is 16.0. The molecule has 0 amide bonds. The molecule has 176 valence electrons. The highest BCUT2D eigenvalue weighted by Crippen LogP contribution is 2.37. The van der Waals surface area contributed by atoms with Crippen LogP contribution >= 0.6 is 0 Å². The maximum absolute atomic E-state index is 13.9. The molecule has 33 heavy (non-hydrogen) atoms. The molecule has 11 heteroatoms. The topological polar surface area (TPSA) is 83.3 Å². The molecule has 1 unspecified atom stereocenters. The van der Waals surface area contributed by atoms with Gasteiger partial charge in [-0.05, 0) is 66.1 Å². The van der Waals surface area contributed by atoms with E-state index >= 15 is 0 Å². The number of aromatic nitrogens is 4. The first kappa shape index (κ1) is 22.8. The van der Waals surface area contributed by atoms with E-state index in [0.29, 0.717) is 28.5 Å². The van der Waals surface area contributed by atoms with Gasteiger partial charge in [-0.1, -0.05) is 0 Å². The summed E-state index contributed by atoms with van der Waals surface area (Å²) in [5.74, 6) is 0.895. The van der Waals surface area contributed by atoms with Crippen molar-refractivity contribution in [2.75, 3.05) is 14.2 Å². The van der Waals surface area contributed by atoms with E-state index in [1.165, 1.54) is 44.6 Å². The number of methoxy groups -OCH3 is 2. The van der Waals surface area contributed by atoms with E-state index in [9.17, 15) is 13.2 Å². The molecule has 8 nitrogen and oxygen atoms in total. The molecule has 3 aromatic rings. The van der Waals surface area contributed by atoms with Crippen LogP contribution in [0.5, 0.6) is 17.2 Å². The minimum atomic E-state index is -3.02. The summed E-state index contributed by atoms with van der Waals surface area (Å²) in [5.41, 5.74) is 0.907. The van der Waals surface area contributed by atoms with Gasteiger partial charge in [0.15, 0.2) is 5.82 Å². The number of halogens is 3. The van der Waals surface area contributed by atoms with Crippen molar-refractivity contribution in [1.29, 1.82) is 0 Å². The molecule has 1 aliphatic rings. The number of benzene rings is 2. The minimum Gasteiger partial charge on any atom is -0.497 e. The highest BCUT2D eigenvalue weighted by molar-refractivity contribution is 5.45. The van der Waals surface area contributed by atoms with E-state index < -0.39 is 18.5 Å². The van der Waals surface area contributed by atoms with Crippen LogP contribution < -0.4 is 19.5 Å². The molecule has 1 N–H and O–H groups in total. The van der Waals surface area contributed by atoms with E-state index in [0.717, 1.165) is 19.3 Å². The Balaban J connectivity index is 1.76. The lowest BCUT2D eigenvalue weighted by Crippen LogP contribution is -2.29. The second kappa shape index (κ2) is 10.1. The Kier molecular flexibility index (Phi) is 6.97. The normalized spacial score (nSPS) is 14.7. The quantitative estimate of drug-likeness (QED) is 0.486. The molecule has 1 fully saturated rings. The number of hydrogen-bond acceptors (Lipinski definition) is 7. The van der Waals surface area contributed by atoms with E-state index in [1.54, 1.807) is 10.7 Å². The number of rotatable bonds is 10. The second-order valence-corrected chi connectivity index (χ2v) is 7.62. The Morgan fingerprint density at radius 2 is 1.88 bits per heavy atom. The summed E-state index contributed by atoms with van der Waals surface area (Å²) in [7, 11) is 2.97. The molecule has 1 atom stereocenters. The number of hydrogen-bond donors (Lipinski definition) is 1. The zero-order valence-electron chi connectivity index (χ0n) is 18.2. The van der Waals surface area contributed by atoms with Crippen LogP contribution in [0.3, 0.4) is 0 Å². The molecule has 0 aliphatic heterocycles. The number of tetrazole rings is 1. The molecule has 2 aromatic carbocycles. The van der Waals surface area contributed by atoms with Crippen molar-refractivity contribution in [2.45, 2.75) is 44.5 Å². The SMILES string of the molecule is COc1ccc(OC(F)F)c(C(NCc2cc(F)ccc2OC)c2nnnn2C2CCC2)c1. The molecule has 1 aromatic heterocycles. The summed E-state index contributed by atoms with van der Waals surface area (Å²) < 4.78 is 57.4. The summed E-state index contributed by atoms with van der Waals surface area (Å²) in [4.78, 5) is 0. The number of ether oxygens (including phenoxy) is 3. The largest absolute Gasteiger partial charge is 0.497 e. The minimum absolute atomic E-state index is 0.0438. The average molecular weight is 463 g/mol. The predicted octanol–water partition coefficient (Wildman–Crippen LogP) is 4.04. The van der Waals surface area contributed by atoms with Crippen LogP contribution in [0, 0.1) is 5.82 Å². The summed E-state index contributed by atoms with van der Waals surface area (Å²) in [6.45, 7) is -2.88. The number of nitrogens with zero attached hydrogens (tertiary/aromatic N) is 4. The van der Waals surface area contributed by atoms with Crippen LogP contribution in [0.1, 0.15) is 48.3 Å². The van der Waals surface area contributed by atoms with Gasteiger partial charge in [0.2, 0.25) is 0 Å². The summed E-state index contributed by atoms with van der Waals surface area (Å²) in [6, 6.07) is 8.07. The summed E-state index contributed by atoms with van der Waals surface area (Å²) in [6.07, 6.45) is 2.89. The fraction of sp³-hybridized carbons (Fsp3) is 0.409. The van der Waals surface area contributed by atoms with Gasteiger partial charge in [-0.2, -0.15) is 8.78 Å². The Bertz CT molecular complexity index is 1090. The highest BCUT2D eigenvalue weighted by Gasteiger charge is 2.31. The Hall–Kier alpha value is -3.34. The molecular formula is C22H24F3N5O3. The first-order valence-corrected chi connectivity index (χ1v) is 10.5. The molecule has 0 radical (unpaired) electrons. The standard InChI is InChI=1S/C22H24F3N5O3/c1-31-16-7-9-19(33-22(24)25)17(11-16)20(21-27-28-29-30(21)15-4-3-5-15)26-12-13-10-14(23)6-8-18(13)32-2/h6-11,15,20,22,26H,3-5,12H2,1-2H3. The molecule has 1 saturated carbocycles. The van der Waals surface area contributed by atoms with Gasteiger partial charge in [-0.25, -0.2) is 9.07 Å². The van der Waals surface area contributed by atoms with Gasteiger partial charge < -0.3 is 14.2 Å². The van der Waals surface area contributed by atoms with Crippen molar-refractivity contribution in [3.8, 4) is 17.2 Å². The van der Waals surface area contributed by atoms with E-state index in [-0.39, 0.29) is 18.3 Å². The predicted molar refractivity (Wildman–Crippen MR) is 112 cm³/mol. The van der Waals surface area contributed by atoms with Crippen molar-refractivity contribution >= 4 is 0 Å². The molecule has 1 aliphatic carbocycles. The smallest absolute Gasteiger partial charge is 0.387 e. The van der Waals surface area contributed by atoms with Crippen LogP contribution in [-0.4, -0.2) is 41.0 Å². The van der Waals surface area contributed by atoms with Crippen molar-refractivity contribution < 1.29 is 27.4 Å². The molecule has 0 spiro atoms. The van der Waals surface area contributed by atoms with Crippen LogP contribution in [0.2, 0.25) is 0 Å². The molecular weight excluding hydrogens is 439 g/mol. The van der Waals surface area contributed by atoms with Crippen molar-refractivity contribution in [3.63, 3.8) is 0 Å². The lowest BCUT2D eigenvalue weighted by atomic mass is 9.92. The maximum Gasteiger partial charge on any atom is 0.387 e. The van der Waals surface area contributed by atoms with Gasteiger partial charge in [-0.15, -0.1) is 5.10 Å². The molecule has 1 heterocycles. The van der Waals surface area contributed by atoms with Gasteiger partial charge in [0.05, 0.1) is 26.3 Å². The average Bonchev–Trinajstić information content (AvgIpc) is 3.22. The van der Waals surface area contributed by atoms with Crippen molar-refractivity contribution in [1.82, 2.24) is 25.5 Å². The van der Waals surface area contributed by atoms with Crippen LogP contribution in [0.25, 0.3) is 0 Å². The van der Waals surface area contributed by atoms with Crippen LogP contribution in [-0.2, 0) is 6.54 Å². The third kappa shape index (κ3) is 5.03. The van der Waals surface area contributed by atoms with Crippen molar-refractivity contribution in [2.24, 2.45) is 0 Å². The molecule has 4 rings (SSSR count). The van der Waals surface area contributed by atoms with Gasteiger partial charge in [0.25, 0.3) is 0 Å². The summed E-state index contributed by atoms with van der Waals surface area (Å²) >= 11 is 0. The Labute approximate surface area is 188 Å². The Morgan fingerprint density at radius 1 is 1.09 bits per heavy atom. The lowest BCUT2D eigenvalue weighted by Gasteiger charge is -2.29. The van der Waals surface area contributed by atoms with Gasteiger partial charge in [0, 0.05) is 17.7 Å². The van der Waals surface area contributed by atoms with Crippen LogP contribution in [0.15, 0.2) is 36.4 Å². The molecule has 0 bridgehead atoms. The van der Waals surface area contributed by atoms with Gasteiger partial charge in [0.1, 0.15) is 23.1 Å². The van der Waals surface area contributed by atoms with Crippen molar-refractivity contribution in [3.05, 3.63) is 59.2 Å². The highest BCUT2D eigenvalue weighted by atomic mass is 19.3. The monoisotopic (exact) mass is 463 g/mol. The van der Waals surface area contributed by atoms with E-state index in [1.807, 2.05) is 0 Å². The lowest BCUT2D eigenvalue weighted by molar-refractivity contribution is -0.0507. The fourth-order valence-corrected chi connectivity index (χ4v) is 3.80. The van der Waals surface area contributed by atoms with E-state index in [4.69, 9.17) is 14.2 Å². The van der Waals surface area contributed by atoms with Gasteiger partial charge >= 0.3 is 6.61 Å². The summed E-state index contributed by atoms with van der Waals surface area (Å²) in [5, 5.41) is 15.4. The third-order valence-electron chi connectivity index (χ3n) is 5.68. The Morgan fingerprint density at radius 3 is 2.55 bits per heavy atom.